The van der Waals surface area contributed by atoms with E-state index in [0.29, 0.717) is 11.8 Å². The van der Waals surface area contributed by atoms with Crippen molar-refractivity contribution in [3.8, 4) is 0 Å². The van der Waals surface area contributed by atoms with Gasteiger partial charge in [-0.1, -0.05) is 20.3 Å². The van der Waals surface area contributed by atoms with E-state index >= 15 is 0 Å². The molecule has 108 valence electrons. The Kier molecular flexibility index (Phi) is 4.13. The van der Waals surface area contributed by atoms with Gasteiger partial charge in [-0.15, -0.1) is 0 Å². The fourth-order valence-electron chi connectivity index (χ4n) is 3.66. The van der Waals surface area contributed by atoms with Gasteiger partial charge >= 0.3 is 5.97 Å². The lowest BCUT2D eigenvalue weighted by atomic mass is 9.84. The summed E-state index contributed by atoms with van der Waals surface area (Å²) in [5, 5.41) is 11.9. The molecule has 2 aliphatic rings. The van der Waals surface area contributed by atoms with Crippen LogP contribution in [0, 0.1) is 23.7 Å². The minimum atomic E-state index is -0.959. The lowest BCUT2D eigenvalue weighted by Crippen LogP contribution is -2.52. The molecule has 0 aromatic carbocycles. The summed E-state index contributed by atoms with van der Waals surface area (Å²) in [6, 6.07) is -0.894. The first-order chi connectivity index (χ1) is 8.95. The molecule has 2 fully saturated rings. The Hall–Kier alpha value is -1.10. The summed E-state index contributed by atoms with van der Waals surface area (Å²) in [4.78, 5) is 23.6. The third-order valence-electron chi connectivity index (χ3n) is 5.06. The molecule has 2 saturated carbocycles. The fraction of sp³-hybridized carbons (Fsp3) is 0.857. The van der Waals surface area contributed by atoms with Gasteiger partial charge in [0.1, 0.15) is 6.04 Å². The third kappa shape index (κ3) is 2.61. The first-order valence-corrected chi connectivity index (χ1v) is 7.24. The molecule has 5 unspecified atom stereocenters. The van der Waals surface area contributed by atoms with Crippen LogP contribution in [0.4, 0.5) is 0 Å². The number of carboxylic acids is 1. The highest BCUT2D eigenvalue weighted by atomic mass is 16.4. The molecule has 2 aliphatic carbocycles. The van der Waals surface area contributed by atoms with Crippen molar-refractivity contribution in [2.45, 2.75) is 51.6 Å². The van der Waals surface area contributed by atoms with Crippen molar-refractivity contribution in [1.82, 2.24) is 5.32 Å². The molecule has 4 N–H and O–H groups in total. The van der Waals surface area contributed by atoms with E-state index in [1.54, 1.807) is 0 Å². The summed E-state index contributed by atoms with van der Waals surface area (Å²) in [5.74, 6) is -0.577. The minimum Gasteiger partial charge on any atom is -0.480 e. The molecule has 19 heavy (non-hydrogen) atoms. The van der Waals surface area contributed by atoms with Gasteiger partial charge in [-0.2, -0.15) is 0 Å². The molecule has 0 saturated heterocycles. The largest absolute Gasteiger partial charge is 0.480 e. The second kappa shape index (κ2) is 5.49. The van der Waals surface area contributed by atoms with Crippen LogP contribution in [-0.4, -0.2) is 29.1 Å². The molecule has 2 bridgehead atoms. The Labute approximate surface area is 113 Å². The summed E-state index contributed by atoms with van der Waals surface area (Å²) >= 11 is 0. The predicted molar refractivity (Wildman–Crippen MR) is 71.3 cm³/mol. The number of carboxylic acid groups (broad SMARTS) is 1. The molecule has 0 aromatic heterocycles. The molecule has 0 heterocycles. The summed E-state index contributed by atoms with van der Waals surface area (Å²) < 4.78 is 0. The summed E-state index contributed by atoms with van der Waals surface area (Å²) in [5.41, 5.74) is 6.12. The van der Waals surface area contributed by atoms with Crippen LogP contribution in [0.1, 0.15) is 39.5 Å². The average molecular weight is 268 g/mol. The van der Waals surface area contributed by atoms with E-state index in [1.165, 1.54) is 0 Å². The van der Waals surface area contributed by atoms with Gasteiger partial charge in [0.05, 0.1) is 5.92 Å². The Morgan fingerprint density at radius 1 is 1.37 bits per heavy atom. The van der Waals surface area contributed by atoms with Gasteiger partial charge in [0, 0.05) is 6.04 Å². The summed E-state index contributed by atoms with van der Waals surface area (Å²) in [7, 11) is 0. The first-order valence-electron chi connectivity index (χ1n) is 7.24. The van der Waals surface area contributed by atoms with Crippen LogP contribution in [0.5, 0.6) is 0 Å². The van der Waals surface area contributed by atoms with E-state index in [1.807, 2.05) is 13.8 Å². The maximum atomic E-state index is 12.3. The number of nitrogens with one attached hydrogen (secondary N) is 1. The van der Waals surface area contributed by atoms with E-state index in [4.69, 9.17) is 5.73 Å². The van der Waals surface area contributed by atoms with Crippen molar-refractivity contribution < 1.29 is 14.7 Å². The first kappa shape index (κ1) is 14.3. The molecule has 0 aromatic rings. The number of fused-ring (bicyclic) bond motifs is 2. The zero-order valence-corrected chi connectivity index (χ0v) is 11.6. The monoisotopic (exact) mass is 268 g/mol. The Morgan fingerprint density at radius 2 is 2.00 bits per heavy atom. The number of hydrogen-bond acceptors (Lipinski definition) is 3. The lowest BCUT2D eigenvalue weighted by Gasteiger charge is -2.29. The normalized spacial score (nSPS) is 35.9. The van der Waals surface area contributed by atoms with E-state index in [9.17, 15) is 14.7 Å². The highest BCUT2D eigenvalue weighted by Crippen LogP contribution is 2.47. The highest BCUT2D eigenvalue weighted by Gasteiger charge is 2.49. The second-order valence-electron chi connectivity index (χ2n) is 6.15. The van der Waals surface area contributed by atoms with Crippen LogP contribution < -0.4 is 11.1 Å². The average Bonchev–Trinajstić information content (AvgIpc) is 2.94. The van der Waals surface area contributed by atoms with Gasteiger partial charge in [0.15, 0.2) is 0 Å². The van der Waals surface area contributed by atoms with Crippen LogP contribution in [0.3, 0.4) is 0 Å². The molecule has 5 nitrogen and oxygen atoms in total. The third-order valence-corrected chi connectivity index (χ3v) is 5.06. The fourth-order valence-corrected chi connectivity index (χ4v) is 3.66. The van der Waals surface area contributed by atoms with E-state index in [0.717, 1.165) is 25.7 Å². The molecule has 0 spiro atoms. The molecule has 0 radical (unpaired) electrons. The number of rotatable bonds is 5. The Bertz CT molecular complexity index is 370. The van der Waals surface area contributed by atoms with Gasteiger partial charge in [0.25, 0.3) is 0 Å². The minimum absolute atomic E-state index is 0.0729. The van der Waals surface area contributed by atoms with Crippen LogP contribution in [0.2, 0.25) is 0 Å². The summed E-state index contributed by atoms with van der Waals surface area (Å²) in [6.07, 6.45) is 3.92. The molecule has 1 amide bonds. The molecular formula is C14H24N2O3. The number of nitrogens with two attached hydrogens (primary N) is 1. The van der Waals surface area contributed by atoms with Crippen molar-refractivity contribution in [3.05, 3.63) is 0 Å². The van der Waals surface area contributed by atoms with Crippen molar-refractivity contribution in [3.63, 3.8) is 0 Å². The van der Waals surface area contributed by atoms with Gasteiger partial charge < -0.3 is 16.2 Å². The topological polar surface area (TPSA) is 92.4 Å². The quantitative estimate of drug-likeness (QED) is 0.693. The molecule has 0 aliphatic heterocycles. The van der Waals surface area contributed by atoms with Crippen LogP contribution in [0.25, 0.3) is 0 Å². The zero-order valence-electron chi connectivity index (χ0n) is 11.6. The molecular weight excluding hydrogens is 244 g/mol. The van der Waals surface area contributed by atoms with Crippen molar-refractivity contribution in [1.29, 1.82) is 0 Å². The lowest BCUT2D eigenvalue weighted by molar-refractivity contribution is -0.144. The zero-order chi connectivity index (χ0) is 14.2. The maximum Gasteiger partial charge on any atom is 0.326 e. The Balaban J connectivity index is 2.02. The van der Waals surface area contributed by atoms with Gasteiger partial charge in [-0.25, -0.2) is 4.79 Å². The Morgan fingerprint density at radius 3 is 2.47 bits per heavy atom. The van der Waals surface area contributed by atoms with E-state index in [2.05, 4.69) is 5.32 Å². The number of hydrogen-bond donors (Lipinski definition) is 3. The summed E-state index contributed by atoms with van der Waals surface area (Å²) in [6.45, 7) is 3.77. The number of carbonyl (C=O) groups is 2. The van der Waals surface area contributed by atoms with Crippen LogP contribution >= 0.6 is 0 Å². The SMILES string of the molecule is CCC(C)[C@H](NC(=O)C1C2CCC(C2)C1N)C(=O)O. The van der Waals surface area contributed by atoms with Gasteiger partial charge in [-0.3, -0.25) is 4.79 Å². The molecule has 2 rings (SSSR count). The van der Waals surface area contributed by atoms with Crippen molar-refractivity contribution in [2.75, 3.05) is 0 Å². The van der Waals surface area contributed by atoms with Gasteiger partial charge in [-0.05, 0) is 37.0 Å². The number of carbonyl (C=O) groups excluding carboxylic acids is 1. The number of amides is 1. The smallest absolute Gasteiger partial charge is 0.326 e. The van der Waals surface area contributed by atoms with E-state index in [-0.39, 0.29) is 23.8 Å². The predicted octanol–water partition coefficient (Wildman–Crippen LogP) is 0.975. The maximum absolute atomic E-state index is 12.3. The van der Waals surface area contributed by atoms with E-state index < -0.39 is 12.0 Å². The van der Waals surface area contributed by atoms with Crippen LogP contribution in [0.15, 0.2) is 0 Å². The van der Waals surface area contributed by atoms with Gasteiger partial charge in [0.2, 0.25) is 5.91 Å². The van der Waals surface area contributed by atoms with Crippen molar-refractivity contribution in [2.24, 2.45) is 29.4 Å². The second-order valence-corrected chi connectivity index (χ2v) is 6.15. The van der Waals surface area contributed by atoms with Crippen molar-refractivity contribution >= 4 is 11.9 Å². The standard InChI is InChI=1S/C14H24N2O3/c1-3-7(2)12(14(18)19)16-13(17)10-8-4-5-9(6-8)11(10)15/h7-12H,3-6,15H2,1-2H3,(H,16,17)(H,18,19)/t7?,8?,9?,10?,11?,12-/m0/s1. The molecule has 6 atom stereocenters. The van der Waals surface area contributed by atoms with Crippen LogP contribution in [-0.2, 0) is 9.59 Å². The highest BCUT2D eigenvalue weighted by molar-refractivity contribution is 5.86. The molecule has 5 heteroatoms. The number of aliphatic carboxylic acids is 1.